The van der Waals surface area contributed by atoms with Crippen molar-refractivity contribution in [3.8, 4) is 0 Å². The molecule has 6 heteroatoms. The average Bonchev–Trinajstić information content (AvgIpc) is 3.04. The first-order chi connectivity index (χ1) is 14.2. The van der Waals surface area contributed by atoms with E-state index in [1.165, 1.54) is 24.0 Å². The van der Waals surface area contributed by atoms with Gasteiger partial charge in [-0.05, 0) is 30.4 Å². The highest BCUT2D eigenvalue weighted by Crippen LogP contribution is 2.19. The molecule has 0 spiro atoms. The minimum absolute atomic E-state index is 0.230. The fourth-order valence-corrected chi connectivity index (χ4v) is 4.72. The molecule has 0 aromatic heterocycles. The number of hydrogen-bond donors (Lipinski definition) is 0. The van der Waals surface area contributed by atoms with E-state index in [0.717, 1.165) is 71.6 Å². The first kappa shape index (κ1) is 20.4. The molecular formula is C23H34N4O2. The van der Waals surface area contributed by atoms with E-state index in [1.807, 2.05) is 4.90 Å². The summed E-state index contributed by atoms with van der Waals surface area (Å²) >= 11 is 0. The predicted molar refractivity (Wildman–Crippen MR) is 113 cm³/mol. The highest BCUT2D eigenvalue weighted by molar-refractivity contribution is 5.79. The van der Waals surface area contributed by atoms with E-state index in [2.05, 4.69) is 39.0 Å². The SMILES string of the molecule is O=C(CN1CCN(CC(=O)N2CCc3ccccc3C2)CC1)N1CCCCCC1. The van der Waals surface area contributed by atoms with Crippen molar-refractivity contribution < 1.29 is 9.59 Å². The van der Waals surface area contributed by atoms with Crippen LogP contribution in [0.1, 0.15) is 36.8 Å². The Kier molecular flexibility index (Phi) is 6.82. The van der Waals surface area contributed by atoms with Crippen LogP contribution >= 0.6 is 0 Å². The number of piperazine rings is 1. The van der Waals surface area contributed by atoms with Gasteiger partial charge in [-0.2, -0.15) is 0 Å². The molecule has 3 aliphatic rings. The van der Waals surface area contributed by atoms with Gasteiger partial charge >= 0.3 is 0 Å². The Morgan fingerprint density at radius 1 is 0.655 bits per heavy atom. The van der Waals surface area contributed by atoms with Gasteiger partial charge in [0.2, 0.25) is 11.8 Å². The molecule has 0 radical (unpaired) electrons. The summed E-state index contributed by atoms with van der Waals surface area (Å²) in [6.07, 6.45) is 5.73. The zero-order valence-electron chi connectivity index (χ0n) is 17.5. The summed E-state index contributed by atoms with van der Waals surface area (Å²) in [6.45, 7) is 7.90. The average molecular weight is 399 g/mol. The van der Waals surface area contributed by atoms with Gasteiger partial charge in [0.05, 0.1) is 13.1 Å². The first-order valence-electron chi connectivity index (χ1n) is 11.3. The third-order valence-corrected chi connectivity index (χ3v) is 6.62. The second-order valence-corrected chi connectivity index (χ2v) is 8.68. The summed E-state index contributed by atoms with van der Waals surface area (Å²) in [7, 11) is 0. The molecule has 6 nitrogen and oxygen atoms in total. The number of carbonyl (C=O) groups is 2. The van der Waals surface area contributed by atoms with Gasteiger partial charge in [-0.25, -0.2) is 0 Å². The minimum atomic E-state index is 0.230. The molecule has 2 saturated heterocycles. The van der Waals surface area contributed by atoms with E-state index in [9.17, 15) is 9.59 Å². The molecular weight excluding hydrogens is 364 g/mol. The maximum atomic E-state index is 12.8. The lowest BCUT2D eigenvalue weighted by molar-refractivity contribution is -0.135. The minimum Gasteiger partial charge on any atom is -0.342 e. The molecule has 4 rings (SSSR count). The fraction of sp³-hybridized carbons (Fsp3) is 0.652. The van der Waals surface area contributed by atoms with Crippen molar-refractivity contribution in [2.24, 2.45) is 0 Å². The Hall–Kier alpha value is -1.92. The predicted octanol–water partition coefficient (Wildman–Crippen LogP) is 1.59. The van der Waals surface area contributed by atoms with Crippen LogP contribution in [-0.2, 0) is 22.6 Å². The maximum absolute atomic E-state index is 12.8. The van der Waals surface area contributed by atoms with Crippen LogP contribution in [0.5, 0.6) is 0 Å². The van der Waals surface area contributed by atoms with Gasteiger partial charge in [-0.15, -0.1) is 0 Å². The third kappa shape index (κ3) is 5.37. The number of hydrogen-bond acceptors (Lipinski definition) is 4. The van der Waals surface area contributed by atoms with E-state index < -0.39 is 0 Å². The maximum Gasteiger partial charge on any atom is 0.237 e. The molecule has 29 heavy (non-hydrogen) atoms. The summed E-state index contributed by atoms with van der Waals surface area (Å²) in [5, 5.41) is 0. The smallest absolute Gasteiger partial charge is 0.237 e. The number of nitrogens with zero attached hydrogens (tertiary/aromatic N) is 4. The standard InChI is InChI=1S/C23H34N4O2/c28-22(26-10-5-1-2-6-11-26)18-24-13-15-25(16-14-24)19-23(29)27-12-9-20-7-3-4-8-21(20)17-27/h3-4,7-8H,1-2,5-6,9-19H2. The van der Waals surface area contributed by atoms with Crippen LogP contribution in [0, 0.1) is 0 Å². The normalized spacial score (nSPS) is 21.5. The summed E-state index contributed by atoms with van der Waals surface area (Å²) in [4.78, 5) is 33.9. The second-order valence-electron chi connectivity index (χ2n) is 8.68. The molecule has 0 atom stereocenters. The summed E-state index contributed by atoms with van der Waals surface area (Å²) < 4.78 is 0. The topological polar surface area (TPSA) is 47.1 Å². The lowest BCUT2D eigenvalue weighted by Crippen LogP contribution is -2.52. The zero-order valence-corrected chi connectivity index (χ0v) is 17.5. The molecule has 0 saturated carbocycles. The van der Waals surface area contributed by atoms with Crippen molar-refractivity contribution in [3.05, 3.63) is 35.4 Å². The van der Waals surface area contributed by atoms with Gasteiger partial charge in [0, 0.05) is 52.4 Å². The van der Waals surface area contributed by atoms with E-state index in [0.29, 0.717) is 13.1 Å². The lowest BCUT2D eigenvalue weighted by Gasteiger charge is -2.36. The monoisotopic (exact) mass is 398 g/mol. The van der Waals surface area contributed by atoms with Crippen LogP contribution in [0.15, 0.2) is 24.3 Å². The number of carbonyl (C=O) groups excluding carboxylic acids is 2. The number of amides is 2. The van der Waals surface area contributed by atoms with E-state index in [1.54, 1.807) is 0 Å². The Morgan fingerprint density at radius 2 is 1.21 bits per heavy atom. The molecule has 158 valence electrons. The molecule has 3 aliphatic heterocycles. The van der Waals surface area contributed by atoms with Gasteiger partial charge in [0.25, 0.3) is 0 Å². The van der Waals surface area contributed by atoms with Crippen LogP contribution in [0.25, 0.3) is 0 Å². The largest absolute Gasteiger partial charge is 0.342 e. The summed E-state index contributed by atoms with van der Waals surface area (Å²) in [5.41, 5.74) is 2.66. The highest BCUT2D eigenvalue weighted by atomic mass is 16.2. The summed E-state index contributed by atoms with van der Waals surface area (Å²) in [5.74, 6) is 0.511. The number of rotatable bonds is 4. The van der Waals surface area contributed by atoms with Gasteiger partial charge in [-0.3, -0.25) is 19.4 Å². The molecule has 0 unspecified atom stereocenters. The van der Waals surface area contributed by atoms with Crippen LogP contribution in [0.4, 0.5) is 0 Å². The van der Waals surface area contributed by atoms with Crippen LogP contribution in [0.2, 0.25) is 0 Å². The van der Waals surface area contributed by atoms with E-state index in [4.69, 9.17) is 0 Å². The van der Waals surface area contributed by atoms with E-state index in [-0.39, 0.29) is 11.8 Å². The van der Waals surface area contributed by atoms with Gasteiger partial charge in [0.15, 0.2) is 0 Å². The third-order valence-electron chi connectivity index (χ3n) is 6.62. The molecule has 1 aromatic rings. The molecule has 0 bridgehead atoms. The number of likely N-dealkylation sites (tertiary alicyclic amines) is 1. The molecule has 1 aromatic carbocycles. The second kappa shape index (κ2) is 9.72. The van der Waals surface area contributed by atoms with Crippen molar-refractivity contribution in [2.45, 2.75) is 38.6 Å². The Balaban J connectivity index is 1.20. The lowest BCUT2D eigenvalue weighted by atomic mass is 10.00. The van der Waals surface area contributed by atoms with Crippen LogP contribution in [0.3, 0.4) is 0 Å². The van der Waals surface area contributed by atoms with Gasteiger partial charge in [-0.1, -0.05) is 37.1 Å². The Bertz CT molecular complexity index is 707. The summed E-state index contributed by atoms with van der Waals surface area (Å²) in [6, 6.07) is 8.44. The molecule has 0 N–H and O–H groups in total. The number of benzene rings is 1. The van der Waals surface area contributed by atoms with Gasteiger partial charge < -0.3 is 9.80 Å². The molecule has 3 heterocycles. The zero-order chi connectivity index (χ0) is 20.1. The molecule has 0 aliphatic carbocycles. The fourth-order valence-electron chi connectivity index (χ4n) is 4.72. The highest BCUT2D eigenvalue weighted by Gasteiger charge is 2.26. The van der Waals surface area contributed by atoms with Crippen molar-refractivity contribution in [1.29, 1.82) is 0 Å². The molecule has 2 fully saturated rings. The van der Waals surface area contributed by atoms with Crippen LogP contribution < -0.4 is 0 Å². The Labute approximate surface area is 174 Å². The quantitative estimate of drug-likeness (QED) is 0.773. The number of fused-ring (bicyclic) bond motifs is 1. The molecule has 2 amide bonds. The van der Waals surface area contributed by atoms with Crippen LogP contribution in [-0.4, -0.2) is 90.3 Å². The van der Waals surface area contributed by atoms with Crippen molar-refractivity contribution in [1.82, 2.24) is 19.6 Å². The van der Waals surface area contributed by atoms with Crippen molar-refractivity contribution in [2.75, 3.05) is 58.9 Å². The van der Waals surface area contributed by atoms with Crippen molar-refractivity contribution >= 4 is 11.8 Å². The van der Waals surface area contributed by atoms with Crippen molar-refractivity contribution in [3.63, 3.8) is 0 Å². The Morgan fingerprint density at radius 3 is 1.83 bits per heavy atom. The first-order valence-corrected chi connectivity index (χ1v) is 11.3. The van der Waals surface area contributed by atoms with Gasteiger partial charge in [0.1, 0.15) is 0 Å². The van der Waals surface area contributed by atoms with E-state index >= 15 is 0 Å².